The Balaban J connectivity index is 4.94. The molecule has 0 aromatic rings. The lowest BCUT2D eigenvalue weighted by molar-refractivity contribution is -0.143. The van der Waals surface area contributed by atoms with Crippen molar-refractivity contribution in [2.75, 3.05) is 0 Å². The zero-order chi connectivity index (χ0) is 19.7. The van der Waals surface area contributed by atoms with E-state index in [1.807, 2.05) is 13.8 Å². The number of hydrogen-bond acceptors (Lipinski definition) is 6. The van der Waals surface area contributed by atoms with Gasteiger partial charge in [0.15, 0.2) is 0 Å². The summed E-state index contributed by atoms with van der Waals surface area (Å²) in [7, 11) is 0. The summed E-state index contributed by atoms with van der Waals surface area (Å²) in [5.41, 5.74) is 10.7. The van der Waals surface area contributed by atoms with Crippen molar-refractivity contribution < 1.29 is 29.4 Å². The second kappa shape index (κ2) is 10.6. The fraction of sp³-hybridized carbons (Fsp3) is 0.733. The molecule has 144 valence electrons. The third kappa shape index (κ3) is 9.01. The van der Waals surface area contributed by atoms with Crippen molar-refractivity contribution in [2.24, 2.45) is 17.4 Å². The first kappa shape index (κ1) is 22.8. The van der Waals surface area contributed by atoms with Crippen molar-refractivity contribution >= 4 is 23.7 Å². The zero-order valence-corrected chi connectivity index (χ0v) is 14.7. The molecule has 0 aliphatic carbocycles. The van der Waals surface area contributed by atoms with Gasteiger partial charge >= 0.3 is 5.97 Å². The number of aliphatic carboxylic acids is 1. The second-order valence-corrected chi connectivity index (χ2v) is 6.37. The molecule has 3 amide bonds. The van der Waals surface area contributed by atoms with Crippen molar-refractivity contribution in [3.8, 4) is 0 Å². The van der Waals surface area contributed by atoms with E-state index in [0.29, 0.717) is 6.42 Å². The molecule has 4 atom stereocenters. The number of nitrogens with two attached hydrogens (primary N) is 2. The van der Waals surface area contributed by atoms with Gasteiger partial charge in [-0.3, -0.25) is 14.4 Å². The van der Waals surface area contributed by atoms with E-state index in [9.17, 15) is 24.3 Å². The molecule has 0 saturated heterocycles. The predicted molar refractivity (Wildman–Crippen MR) is 89.0 cm³/mol. The highest BCUT2D eigenvalue weighted by molar-refractivity contribution is 5.92. The number of aliphatic hydroxyl groups is 1. The van der Waals surface area contributed by atoms with Crippen molar-refractivity contribution in [2.45, 2.75) is 64.3 Å². The van der Waals surface area contributed by atoms with E-state index in [0.717, 1.165) is 0 Å². The minimum atomic E-state index is -1.37. The Bertz CT molecular complexity index is 494. The van der Waals surface area contributed by atoms with Gasteiger partial charge in [-0.05, 0) is 25.7 Å². The number of amides is 3. The minimum absolute atomic E-state index is 0.157. The molecule has 0 fully saturated rings. The van der Waals surface area contributed by atoms with E-state index in [-0.39, 0.29) is 18.8 Å². The topological polar surface area (TPSA) is 185 Å². The first-order valence-electron chi connectivity index (χ1n) is 8.01. The lowest BCUT2D eigenvalue weighted by atomic mass is 10.0. The molecule has 0 heterocycles. The summed E-state index contributed by atoms with van der Waals surface area (Å²) in [6.45, 7) is 5.03. The van der Waals surface area contributed by atoms with Gasteiger partial charge in [-0.25, -0.2) is 4.79 Å². The largest absolute Gasteiger partial charge is 0.480 e. The molecule has 0 aliphatic rings. The Morgan fingerprint density at radius 1 is 1.04 bits per heavy atom. The number of rotatable bonds is 11. The van der Waals surface area contributed by atoms with Gasteiger partial charge in [0.2, 0.25) is 17.7 Å². The Morgan fingerprint density at radius 2 is 1.60 bits per heavy atom. The fourth-order valence-electron chi connectivity index (χ4n) is 2.09. The van der Waals surface area contributed by atoms with Crippen LogP contribution in [0.2, 0.25) is 0 Å². The van der Waals surface area contributed by atoms with E-state index >= 15 is 0 Å². The number of hydrogen-bond donors (Lipinski definition) is 6. The van der Waals surface area contributed by atoms with Crippen LogP contribution < -0.4 is 22.1 Å². The van der Waals surface area contributed by atoms with Gasteiger partial charge in [0.25, 0.3) is 0 Å². The number of carbonyl (C=O) groups excluding carboxylic acids is 3. The molecule has 10 nitrogen and oxygen atoms in total. The van der Waals surface area contributed by atoms with Crippen LogP contribution in [-0.2, 0) is 19.2 Å². The van der Waals surface area contributed by atoms with Crippen LogP contribution in [0.3, 0.4) is 0 Å². The number of carbonyl (C=O) groups is 4. The lowest BCUT2D eigenvalue weighted by Gasteiger charge is -2.25. The highest BCUT2D eigenvalue weighted by Gasteiger charge is 2.31. The molecule has 0 radical (unpaired) electrons. The highest BCUT2D eigenvalue weighted by Crippen LogP contribution is 2.05. The molecule has 0 saturated carbocycles. The summed E-state index contributed by atoms with van der Waals surface area (Å²) < 4.78 is 0. The average Bonchev–Trinajstić information content (AvgIpc) is 2.46. The highest BCUT2D eigenvalue weighted by atomic mass is 16.4. The van der Waals surface area contributed by atoms with Crippen molar-refractivity contribution in [1.82, 2.24) is 10.6 Å². The van der Waals surface area contributed by atoms with Gasteiger partial charge < -0.3 is 32.3 Å². The molecule has 0 aromatic carbocycles. The maximum Gasteiger partial charge on any atom is 0.326 e. The van der Waals surface area contributed by atoms with E-state index in [1.165, 1.54) is 6.92 Å². The van der Waals surface area contributed by atoms with Crippen LogP contribution in [0.4, 0.5) is 0 Å². The van der Waals surface area contributed by atoms with Crippen molar-refractivity contribution in [1.29, 1.82) is 0 Å². The number of carboxylic acid groups (broad SMARTS) is 1. The summed E-state index contributed by atoms with van der Waals surface area (Å²) in [6.07, 6.45) is -1.33. The second-order valence-electron chi connectivity index (χ2n) is 6.37. The van der Waals surface area contributed by atoms with Gasteiger partial charge in [0, 0.05) is 6.42 Å². The predicted octanol–water partition coefficient (Wildman–Crippen LogP) is -1.94. The SMILES string of the molecule is CC(C)CC(N)C(=O)NC(C(=O)NC(CCC(N)=O)C(=O)O)C(C)O. The maximum atomic E-state index is 12.2. The van der Waals surface area contributed by atoms with Crippen LogP contribution in [0, 0.1) is 5.92 Å². The molecule has 25 heavy (non-hydrogen) atoms. The smallest absolute Gasteiger partial charge is 0.326 e. The Hall–Kier alpha value is -2.20. The first-order chi connectivity index (χ1) is 11.5. The van der Waals surface area contributed by atoms with E-state index in [1.54, 1.807) is 0 Å². The molecule has 10 heteroatoms. The third-order valence-electron chi connectivity index (χ3n) is 3.42. The Kier molecular flexibility index (Phi) is 9.69. The zero-order valence-electron chi connectivity index (χ0n) is 14.7. The standard InChI is InChI=1S/C15H28N4O6/c1-7(2)6-9(16)13(22)19-12(8(3)20)14(23)18-10(15(24)25)4-5-11(17)21/h7-10,12,20H,4-6,16H2,1-3H3,(H2,17,21)(H,18,23)(H,19,22)(H,24,25). The number of primary amides is 1. The van der Waals surface area contributed by atoms with Crippen LogP contribution in [0.25, 0.3) is 0 Å². The van der Waals surface area contributed by atoms with Crippen LogP contribution in [0.1, 0.15) is 40.0 Å². The van der Waals surface area contributed by atoms with Crippen LogP contribution >= 0.6 is 0 Å². The first-order valence-corrected chi connectivity index (χ1v) is 8.01. The quantitative estimate of drug-likeness (QED) is 0.247. The summed E-state index contributed by atoms with van der Waals surface area (Å²) >= 11 is 0. The Morgan fingerprint density at radius 3 is 2.00 bits per heavy atom. The van der Waals surface area contributed by atoms with Gasteiger partial charge in [-0.15, -0.1) is 0 Å². The summed E-state index contributed by atoms with van der Waals surface area (Å²) in [5.74, 6) is -3.43. The third-order valence-corrected chi connectivity index (χ3v) is 3.42. The number of aliphatic hydroxyl groups excluding tert-OH is 1. The maximum absolute atomic E-state index is 12.2. The molecule has 4 unspecified atom stereocenters. The monoisotopic (exact) mass is 360 g/mol. The van der Waals surface area contributed by atoms with Crippen molar-refractivity contribution in [3.05, 3.63) is 0 Å². The summed E-state index contributed by atoms with van der Waals surface area (Å²) in [5, 5.41) is 23.3. The van der Waals surface area contributed by atoms with Gasteiger partial charge in [0.05, 0.1) is 12.1 Å². The minimum Gasteiger partial charge on any atom is -0.480 e. The van der Waals surface area contributed by atoms with Gasteiger partial charge in [-0.2, -0.15) is 0 Å². The molecule has 0 aromatic heterocycles. The average molecular weight is 360 g/mol. The van der Waals surface area contributed by atoms with E-state index in [2.05, 4.69) is 10.6 Å². The van der Waals surface area contributed by atoms with Crippen LogP contribution in [0.15, 0.2) is 0 Å². The Labute approximate surface area is 146 Å². The number of carboxylic acids is 1. The van der Waals surface area contributed by atoms with Crippen LogP contribution in [-0.4, -0.2) is 58.1 Å². The molecule has 0 rings (SSSR count). The van der Waals surface area contributed by atoms with Gasteiger partial charge in [0.1, 0.15) is 12.1 Å². The van der Waals surface area contributed by atoms with E-state index in [4.69, 9.17) is 16.6 Å². The normalized spacial score (nSPS) is 15.8. The van der Waals surface area contributed by atoms with Crippen LogP contribution in [0.5, 0.6) is 0 Å². The molecule has 0 bridgehead atoms. The van der Waals surface area contributed by atoms with Gasteiger partial charge in [-0.1, -0.05) is 13.8 Å². The summed E-state index contributed by atoms with van der Waals surface area (Å²) in [6, 6.07) is -3.61. The van der Waals surface area contributed by atoms with E-state index < -0.39 is 47.9 Å². The lowest BCUT2D eigenvalue weighted by Crippen LogP contribution is -2.58. The molecular formula is C15H28N4O6. The van der Waals surface area contributed by atoms with Crippen molar-refractivity contribution in [3.63, 3.8) is 0 Å². The molecule has 8 N–H and O–H groups in total. The molecule has 0 spiro atoms. The number of nitrogens with one attached hydrogen (secondary N) is 2. The fourth-order valence-corrected chi connectivity index (χ4v) is 2.09. The molecular weight excluding hydrogens is 332 g/mol. The summed E-state index contributed by atoms with van der Waals surface area (Å²) in [4.78, 5) is 46.2. The molecule has 0 aliphatic heterocycles.